The van der Waals surface area contributed by atoms with E-state index in [1.807, 2.05) is 0 Å². The average molecular weight is 272 g/mol. The number of nitrogens with two attached hydrogens (primary N) is 1. The molecular weight excluding hydrogens is 266 g/mol. The Morgan fingerprint density at radius 2 is 1.79 bits per heavy atom. The van der Waals surface area contributed by atoms with Crippen LogP contribution in [-0.2, 0) is 0 Å². The first-order valence-electron chi connectivity index (χ1n) is 3.59. The maximum Gasteiger partial charge on any atom is 0.407 e. The van der Waals surface area contributed by atoms with Crippen molar-refractivity contribution in [3.63, 3.8) is 0 Å². The van der Waals surface area contributed by atoms with E-state index < -0.39 is 18.0 Å². The van der Waals surface area contributed by atoms with E-state index in [-0.39, 0.29) is 10.0 Å². The Bertz CT molecular complexity index is 316. The van der Waals surface area contributed by atoms with Gasteiger partial charge < -0.3 is 5.73 Å². The minimum atomic E-state index is -4.56. The van der Waals surface area contributed by atoms with E-state index in [1.54, 1.807) is 0 Å². The molecule has 0 unspecified atom stereocenters. The standard InChI is InChI=1S/C8H6BrF4N/c9-5-1-4(2-6(10)3-5)7(14)8(11,12)13/h1-3,7H,14H2/t7-/m1/s1. The van der Waals surface area contributed by atoms with Gasteiger partial charge in [0.1, 0.15) is 11.9 Å². The molecule has 0 fully saturated rings. The summed E-state index contributed by atoms with van der Waals surface area (Å²) >= 11 is 2.89. The smallest absolute Gasteiger partial charge is 0.316 e. The van der Waals surface area contributed by atoms with E-state index in [1.165, 1.54) is 0 Å². The van der Waals surface area contributed by atoms with Gasteiger partial charge in [0.05, 0.1) is 0 Å². The van der Waals surface area contributed by atoms with Gasteiger partial charge in [0, 0.05) is 4.47 Å². The molecule has 1 nitrogen and oxygen atoms in total. The van der Waals surface area contributed by atoms with Gasteiger partial charge in [-0.1, -0.05) is 15.9 Å². The van der Waals surface area contributed by atoms with E-state index >= 15 is 0 Å². The Hall–Kier alpha value is -0.620. The van der Waals surface area contributed by atoms with Crippen LogP contribution in [0, 0.1) is 5.82 Å². The van der Waals surface area contributed by atoms with Crippen molar-refractivity contribution in [1.82, 2.24) is 0 Å². The van der Waals surface area contributed by atoms with Gasteiger partial charge in [-0.15, -0.1) is 0 Å². The van der Waals surface area contributed by atoms with Crippen LogP contribution in [0.2, 0.25) is 0 Å². The van der Waals surface area contributed by atoms with Gasteiger partial charge in [-0.3, -0.25) is 0 Å². The molecule has 1 atom stereocenters. The lowest BCUT2D eigenvalue weighted by Gasteiger charge is -2.15. The summed E-state index contributed by atoms with van der Waals surface area (Å²) in [5.41, 5.74) is 4.60. The number of benzene rings is 1. The number of rotatable bonds is 1. The van der Waals surface area contributed by atoms with Crippen LogP contribution in [0.25, 0.3) is 0 Å². The van der Waals surface area contributed by atoms with Crippen LogP contribution in [0.1, 0.15) is 11.6 Å². The molecule has 0 aliphatic rings. The fraction of sp³-hybridized carbons (Fsp3) is 0.250. The highest BCUT2D eigenvalue weighted by molar-refractivity contribution is 9.10. The summed E-state index contributed by atoms with van der Waals surface area (Å²) in [6.45, 7) is 0. The molecule has 0 spiro atoms. The fourth-order valence-corrected chi connectivity index (χ4v) is 1.43. The third kappa shape index (κ3) is 2.68. The predicted octanol–water partition coefficient (Wildman–Crippen LogP) is 3.15. The second kappa shape index (κ2) is 3.86. The Balaban J connectivity index is 3.07. The zero-order chi connectivity index (χ0) is 10.9. The Kier molecular flexibility index (Phi) is 3.16. The molecule has 1 aromatic carbocycles. The fourth-order valence-electron chi connectivity index (χ4n) is 0.944. The highest BCUT2D eigenvalue weighted by Gasteiger charge is 2.38. The second-order valence-corrected chi connectivity index (χ2v) is 3.64. The summed E-state index contributed by atoms with van der Waals surface area (Å²) in [7, 11) is 0. The van der Waals surface area contributed by atoms with Crippen LogP contribution in [-0.4, -0.2) is 6.18 Å². The number of hydrogen-bond acceptors (Lipinski definition) is 1. The van der Waals surface area contributed by atoms with Crippen molar-refractivity contribution in [2.75, 3.05) is 0 Å². The summed E-state index contributed by atoms with van der Waals surface area (Å²) in [5, 5.41) is 0. The molecule has 0 radical (unpaired) electrons. The van der Waals surface area contributed by atoms with Crippen LogP contribution < -0.4 is 5.73 Å². The van der Waals surface area contributed by atoms with Crippen LogP contribution in [0.4, 0.5) is 17.6 Å². The SMILES string of the molecule is N[C@H](c1cc(F)cc(Br)c1)C(F)(F)F. The molecule has 0 aliphatic carbocycles. The van der Waals surface area contributed by atoms with Gasteiger partial charge in [0.25, 0.3) is 0 Å². The van der Waals surface area contributed by atoms with Crippen molar-refractivity contribution in [3.05, 3.63) is 34.1 Å². The Labute approximate surface area is 86.0 Å². The maximum absolute atomic E-state index is 12.7. The first-order valence-corrected chi connectivity index (χ1v) is 4.38. The summed E-state index contributed by atoms with van der Waals surface area (Å²) in [4.78, 5) is 0. The Morgan fingerprint density at radius 3 is 2.21 bits per heavy atom. The molecule has 78 valence electrons. The number of halogens is 5. The van der Waals surface area contributed by atoms with E-state index in [0.29, 0.717) is 0 Å². The van der Waals surface area contributed by atoms with Gasteiger partial charge >= 0.3 is 6.18 Å². The normalized spacial score (nSPS) is 14.1. The lowest BCUT2D eigenvalue weighted by atomic mass is 10.1. The zero-order valence-corrected chi connectivity index (χ0v) is 8.36. The molecule has 6 heteroatoms. The molecule has 0 aliphatic heterocycles. The summed E-state index contributed by atoms with van der Waals surface area (Å²) < 4.78 is 49.4. The van der Waals surface area contributed by atoms with Crippen LogP contribution in [0.15, 0.2) is 22.7 Å². The van der Waals surface area contributed by atoms with Crippen molar-refractivity contribution < 1.29 is 17.6 Å². The summed E-state index contributed by atoms with van der Waals surface area (Å²) in [6.07, 6.45) is -4.56. The van der Waals surface area contributed by atoms with Gasteiger partial charge in [0.2, 0.25) is 0 Å². The molecule has 0 aromatic heterocycles. The second-order valence-electron chi connectivity index (χ2n) is 2.72. The molecule has 2 N–H and O–H groups in total. The van der Waals surface area contributed by atoms with Gasteiger partial charge in [-0.2, -0.15) is 13.2 Å². The molecule has 0 saturated heterocycles. The highest BCUT2D eigenvalue weighted by Crippen LogP contribution is 2.31. The number of hydrogen-bond donors (Lipinski definition) is 1. The van der Waals surface area contributed by atoms with E-state index in [9.17, 15) is 17.6 Å². The van der Waals surface area contributed by atoms with E-state index in [0.717, 1.165) is 18.2 Å². The van der Waals surface area contributed by atoms with Crippen molar-refractivity contribution in [2.24, 2.45) is 5.73 Å². The maximum atomic E-state index is 12.7. The number of alkyl halides is 3. The Morgan fingerprint density at radius 1 is 1.21 bits per heavy atom. The van der Waals surface area contributed by atoms with Crippen LogP contribution in [0.3, 0.4) is 0 Å². The molecule has 0 saturated carbocycles. The predicted molar refractivity (Wildman–Crippen MR) is 47.1 cm³/mol. The highest BCUT2D eigenvalue weighted by atomic mass is 79.9. The van der Waals surface area contributed by atoms with Crippen molar-refractivity contribution in [2.45, 2.75) is 12.2 Å². The molecule has 0 amide bonds. The van der Waals surface area contributed by atoms with Crippen molar-refractivity contribution >= 4 is 15.9 Å². The third-order valence-electron chi connectivity index (χ3n) is 1.60. The molecule has 1 aromatic rings. The van der Waals surface area contributed by atoms with Crippen LogP contribution >= 0.6 is 15.9 Å². The monoisotopic (exact) mass is 271 g/mol. The quantitative estimate of drug-likeness (QED) is 0.781. The first kappa shape index (κ1) is 11.5. The zero-order valence-electron chi connectivity index (χ0n) is 6.78. The largest absolute Gasteiger partial charge is 0.407 e. The van der Waals surface area contributed by atoms with Crippen molar-refractivity contribution in [1.29, 1.82) is 0 Å². The first-order chi connectivity index (χ1) is 6.30. The van der Waals surface area contributed by atoms with Gasteiger partial charge in [0.15, 0.2) is 0 Å². The summed E-state index contributed by atoms with van der Waals surface area (Å²) in [6, 6.07) is 0.811. The molecular formula is C8H6BrF4N. The van der Waals surface area contributed by atoms with E-state index in [2.05, 4.69) is 15.9 Å². The molecule has 14 heavy (non-hydrogen) atoms. The molecule has 1 rings (SSSR count). The third-order valence-corrected chi connectivity index (χ3v) is 2.05. The topological polar surface area (TPSA) is 26.0 Å². The minimum absolute atomic E-state index is 0.229. The average Bonchev–Trinajstić information content (AvgIpc) is 1.99. The van der Waals surface area contributed by atoms with Crippen LogP contribution in [0.5, 0.6) is 0 Å². The minimum Gasteiger partial charge on any atom is -0.316 e. The lowest BCUT2D eigenvalue weighted by molar-refractivity contribution is -0.149. The lowest BCUT2D eigenvalue weighted by Crippen LogP contribution is -2.28. The van der Waals surface area contributed by atoms with Gasteiger partial charge in [-0.05, 0) is 23.8 Å². The van der Waals surface area contributed by atoms with E-state index in [4.69, 9.17) is 5.73 Å². The van der Waals surface area contributed by atoms with Gasteiger partial charge in [-0.25, -0.2) is 4.39 Å². The van der Waals surface area contributed by atoms with Crippen molar-refractivity contribution in [3.8, 4) is 0 Å². The molecule has 0 heterocycles. The molecule has 0 bridgehead atoms. The summed E-state index contributed by atoms with van der Waals surface area (Å²) in [5.74, 6) is -0.755.